The normalized spacial score (nSPS) is 18.4. The van der Waals surface area contributed by atoms with E-state index in [1.54, 1.807) is 0 Å². The highest BCUT2D eigenvalue weighted by Gasteiger charge is 2.32. The van der Waals surface area contributed by atoms with E-state index in [-0.39, 0.29) is 10.8 Å². The smallest absolute Gasteiger partial charge is 0.326 e. The monoisotopic (exact) mass is 486 g/mol. The molecule has 0 saturated heterocycles. The molecular formula is C32H39O2P. The first-order valence-corrected chi connectivity index (χ1v) is 14.4. The Bertz CT molecular complexity index is 1180. The second-order valence-electron chi connectivity index (χ2n) is 12.2. The van der Waals surface area contributed by atoms with Crippen molar-refractivity contribution in [3.8, 4) is 22.6 Å². The molecule has 184 valence electrons. The molecule has 0 radical (unpaired) electrons. The van der Waals surface area contributed by atoms with Crippen molar-refractivity contribution in [2.45, 2.75) is 84.5 Å². The van der Waals surface area contributed by atoms with Gasteiger partial charge in [0.2, 0.25) is 0 Å². The van der Waals surface area contributed by atoms with E-state index in [1.807, 2.05) is 6.07 Å². The molecule has 0 N–H and O–H groups in total. The average molecular weight is 487 g/mol. The van der Waals surface area contributed by atoms with Gasteiger partial charge in [-0.1, -0.05) is 102 Å². The third kappa shape index (κ3) is 5.29. The van der Waals surface area contributed by atoms with Gasteiger partial charge in [0.25, 0.3) is 0 Å². The van der Waals surface area contributed by atoms with Crippen molar-refractivity contribution in [1.82, 2.24) is 0 Å². The van der Waals surface area contributed by atoms with Crippen LogP contribution in [0.15, 0.2) is 66.7 Å². The van der Waals surface area contributed by atoms with Crippen LogP contribution in [0.3, 0.4) is 0 Å². The molecule has 3 heteroatoms. The van der Waals surface area contributed by atoms with Crippen molar-refractivity contribution in [3.63, 3.8) is 0 Å². The molecule has 1 heterocycles. The zero-order valence-electron chi connectivity index (χ0n) is 21.9. The van der Waals surface area contributed by atoms with Crippen LogP contribution in [-0.2, 0) is 5.41 Å². The Hall–Kier alpha value is -2.31. The van der Waals surface area contributed by atoms with E-state index < -0.39 is 8.38 Å². The van der Waals surface area contributed by atoms with Crippen LogP contribution >= 0.6 is 8.38 Å². The van der Waals surface area contributed by atoms with Crippen LogP contribution < -0.4 is 14.4 Å². The van der Waals surface area contributed by atoms with Gasteiger partial charge in [0.15, 0.2) is 0 Å². The minimum atomic E-state index is -1.25. The van der Waals surface area contributed by atoms with E-state index in [0.29, 0.717) is 5.92 Å². The first kappa shape index (κ1) is 24.4. The van der Waals surface area contributed by atoms with Gasteiger partial charge >= 0.3 is 8.38 Å². The van der Waals surface area contributed by atoms with Crippen LogP contribution in [0.4, 0.5) is 0 Å². The van der Waals surface area contributed by atoms with Crippen molar-refractivity contribution in [3.05, 3.63) is 77.9 Å². The third-order valence-electron chi connectivity index (χ3n) is 7.45. The summed E-state index contributed by atoms with van der Waals surface area (Å²) in [4.78, 5) is 0. The van der Waals surface area contributed by atoms with Gasteiger partial charge in [-0.25, -0.2) is 0 Å². The summed E-state index contributed by atoms with van der Waals surface area (Å²) in [6.45, 7) is 11.8. The lowest BCUT2D eigenvalue weighted by molar-refractivity contribution is 0.283. The zero-order valence-corrected chi connectivity index (χ0v) is 22.8. The zero-order chi connectivity index (χ0) is 24.6. The van der Waals surface area contributed by atoms with Crippen LogP contribution in [0, 0.1) is 5.41 Å². The van der Waals surface area contributed by atoms with Crippen molar-refractivity contribution >= 4 is 13.7 Å². The molecule has 5 rings (SSSR count). The highest BCUT2D eigenvalue weighted by molar-refractivity contribution is 7.57. The predicted octanol–water partition coefficient (Wildman–Crippen LogP) is 9.52. The third-order valence-corrected chi connectivity index (χ3v) is 8.96. The maximum Gasteiger partial charge on any atom is 0.326 e. The SMILES string of the molecule is CC(C)(C)CC(C)(C)c1ccc(OP2Oc3ccccc3-c3ccccc32)c(C2CCCCC2)c1. The van der Waals surface area contributed by atoms with Crippen molar-refractivity contribution in [2.24, 2.45) is 5.41 Å². The largest absolute Gasteiger partial charge is 0.435 e. The quantitative estimate of drug-likeness (QED) is 0.334. The van der Waals surface area contributed by atoms with Crippen molar-refractivity contribution in [2.75, 3.05) is 0 Å². The average Bonchev–Trinajstić information content (AvgIpc) is 2.83. The van der Waals surface area contributed by atoms with Gasteiger partial charge in [-0.3, -0.25) is 0 Å². The second kappa shape index (κ2) is 9.62. The summed E-state index contributed by atoms with van der Waals surface area (Å²) in [6.07, 6.45) is 7.60. The first-order valence-electron chi connectivity index (χ1n) is 13.2. The van der Waals surface area contributed by atoms with Gasteiger partial charge in [0, 0.05) is 5.56 Å². The number of hydrogen-bond donors (Lipinski definition) is 0. The van der Waals surface area contributed by atoms with E-state index >= 15 is 0 Å². The minimum Gasteiger partial charge on any atom is -0.435 e. The first-order chi connectivity index (χ1) is 16.7. The topological polar surface area (TPSA) is 18.5 Å². The fraction of sp³-hybridized carbons (Fsp3) is 0.438. The Kier molecular flexibility index (Phi) is 6.71. The molecule has 0 bridgehead atoms. The van der Waals surface area contributed by atoms with Crippen LogP contribution in [-0.4, -0.2) is 0 Å². The van der Waals surface area contributed by atoms with E-state index in [0.717, 1.165) is 28.8 Å². The van der Waals surface area contributed by atoms with Gasteiger partial charge in [-0.05, 0) is 70.9 Å². The summed E-state index contributed by atoms with van der Waals surface area (Å²) in [7, 11) is -1.25. The highest BCUT2D eigenvalue weighted by Crippen LogP contribution is 2.51. The lowest BCUT2D eigenvalue weighted by Crippen LogP contribution is -2.25. The summed E-state index contributed by atoms with van der Waals surface area (Å²) in [5.74, 6) is 2.48. The van der Waals surface area contributed by atoms with Gasteiger partial charge in [0.05, 0.1) is 5.30 Å². The molecule has 0 spiro atoms. The fourth-order valence-corrected chi connectivity index (χ4v) is 7.65. The van der Waals surface area contributed by atoms with Gasteiger partial charge in [-0.15, -0.1) is 0 Å². The van der Waals surface area contributed by atoms with Gasteiger partial charge < -0.3 is 9.05 Å². The molecule has 0 amide bonds. The van der Waals surface area contributed by atoms with Gasteiger partial charge in [-0.2, -0.15) is 0 Å². The molecule has 2 nitrogen and oxygen atoms in total. The van der Waals surface area contributed by atoms with E-state index in [4.69, 9.17) is 9.05 Å². The van der Waals surface area contributed by atoms with Crippen LogP contribution in [0.25, 0.3) is 11.1 Å². The number of hydrogen-bond acceptors (Lipinski definition) is 2. The summed E-state index contributed by atoms with van der Waals surface area (Å²) in [6, 6.07) is 23.9. The maximum absolute atomic E-state index is 6.83. The number of para-hydroxylation sites is 1. The molecule has 1 unspecified atom stereocenters. The molecule has 1 fully saturated rings. The van der Waals surface area contributed by atoms with Crippen molar-refractivity contribution in [1.29, 1.82) is 0 Å². The molecule has 2 aliphatic rings. The molecule has 1 atom stereocenters. The summed E-state index contributed by atoms with van der Waals surface area (Å²) in [5, 5.41) is 1.16. The number of benzene rings is 3. The maximum atomic E-state index is 6.83. The second-order valence-corrected chi connectivity index (χ2v) is 13.5. The lowest BCUT2D eigenvalue weighted by atomic mass is 9.71. The van der Waals surface area contributed by atoms with E-state index in [1.165, 1.54) is 48.8 Å². The van der Waals surface area contributed by atoms with E-state index in [9.17, 15) is 0 Å². The van der Waals surface area contributed by atoms with Crippen molar-refractivity contribution < 1.29 is 9.05 Å². The summed E-state index contributed by atoms with van der Waals surface area (Å²) in [5.41, 5.74) is 5.56. The molecule has 1 saturated carbocycles. The Balaban J connectivity index is 1.52. The Morgan fingerprint density at radius 1 is 0.829 bits per heavy atom. The lowest BCUT2D eigenvalue weighted by Gasteiger charge is -2.35. The standard InChI is InChI=1S/C32H39O2P/c1-31(2,3)22-32(4,5)24-19-20-29(27(21-24)23-13-7-6-8-14-23)34-35-30-18-12-10-16-26(30)25-15-9-11-17-28(25)33-35/h9-12,15-21,23H,6-8,13-14,22H2,1-5H3. The molecule has 0 aromatic heterocycles. The van der Waals surface area contributed by atoms with Gasteiger partial charge in [0.1, 0.15) is 11.5 Å². The highest BCUT2D eigenvalue weighted by atomic mass is 31.2. The molecule has 3 aromatic carbocycles. The molecule has 3 aromatic rings. The number of fused-ring (bicyclic) bond motifs is 3. The fourth-order valence-electron chi connectivity index (χ4n) is 6.14. The molecule has 1 aliphatic heterocycles. The Morgan fingerprint density at radius 3 is 2.26 bits per heavy atom. The molecular weight excluding hydrogens is 447 g/mol. The Labute approximate surface area is 213 Å². The summed E-state index contributed by atoms with van der Waals surface area (Å²) >= 11 is 0. The summed E-state index contributed by atoms with van der Waals surface area (Å²) < 4.78 is 13.3. The predicted molar refractivity (Wildman–Crippen MR) is 149 cm³/mol. The van der Waals surface area contributed by atoms with Crippen LogP contribution in [0.2, 0.25) is 0 Å². The van der Waals surface area contributed by atoms with E-state index in [2.05, 4.69) is 95.3 Å². The number of rotatable bonds is 5. The molecule has 35 heavy (non-hydrogen) atoms. The van der Waals surface area contributed by atoms with Crippen LogP contribution in [0.1, 0.15) is 90.2 Å². The minimum absolute atomic E-state index is 0.110. The Morgan fingerprint density at radius 2 is 1.51 bits per heavy atom. The molecule has 1 aliphatic carbocycles. The van der Waals surface area contributed by atoms with Crippen LogP contribution in [0.5, 0.6) is 11.5 Å².